The third kappa shape index (κ3) is 6.69. The van der Waals surface area contributed by atoms with Crippen molar-refractivity contribution in [3.05, 3.63) is 83.0 Å². The zero-order valence-corrected chi connectivity index (χ0v) is 21.6. The number of aliphatic hydroxyl groups is 1. The Labute approximate surface area is 226 Å². The summed E-state index contributed by atoms with van der Waals surface area (Å²) in [6.07, 6.45) is 4.86. The van der Waals surface area contributed by atoms with Crippen LogP contribution in [0.4, 0.5) is 0 Å². The van der Waals surface area contributed by atoms with Gasteiger partial charge in [-0.3, -0.25) is 9.59 Å². The fourth-order valence-corrected chi connectivity index (χ4v) is 4.69. The van der Waals surface area contributed by atoms with E-state index in [1.165, 1.54) is 6.07 Å². The van der Waals surface area contributed by atoms with Crippen LogP contribution in [0, 0.1) is 0 Å². The number of hydrogen-bond donors (Lipinski definition) is 2. The van der Waals surface area contributed by atoms with Gasteiger partial charge in [0.2, 0.25) is 11.7 Å². The van der Waals surface area contributed by atoms with E-state index in [-0.39, 0.29) is 11.7 Å². The zero-order valence-electron chi connectivity index (χ0n) is 20.9. The highest BCUT2D eigenvalue weighted by atomic mass is 35.5. The van der Waals surface area contributed by atoms with Crippen molar-refractivity contribution in [2.24, 2.45) is 0 Å². The van der Waals surface area contributed by atoms with E-state index in [0.29, 0.717) is 34.5 Å². The summed E-state index contributed by atoms with van der Waals surface area (Å²) in [5.41, 5.74) is 0.718. The predicted octanol–water partition coefficient (Wildman–Crippen LogP) is 4.57. The van der Waals surface area contributed by atoms with E-state index in [1.54, 1.807) is 60.8 Å². The number of carbonyl (C=O) groups is 2. The fourth-order valence-electron chi connectivity index (χ4n) is 4.46. The van der Waals surface area contributed by atoms with Gasteiger partial charge in [0.15, 0.2) is 0 Å². The van der Waals surface area contributed by atoms with Crippen LogP contribution in [0.5, 0.6) is 17.4 Å². The molecule has 9 heteroatoms. The Morgan fingerprint density at radius 3 is 2.61 bits per heavy atom. The quantitative estimate of drug-likeness (QED) is 0.274. The van der Waals surface area contributed by atoms with E-state index in [2.05, 4.69) is 15.2 Å². The van der Waals surface area contributed by atoms with Crippen LogP contribution in [-0.4, -0.2) is 58.5 Å². The average molecular weight is 536 g/mol. The van der Waals surface area contributed by atoms with Crippen molar-refractivity contribution in [3.63, 3.8) is 0 Å². The molecule has 5 rings (SSSR count). The van der Waals surface area contributed by atoms with Gasteiger partial charge in [-0.15, -0.1) is 0 Å². The second-order valence-electron chi connectivity index (χ2n) is 9.67. The minimum Gasteiger partial charge on any atom is -0.489 e. The number of rotatable bonds is 11. The highest BCUT2D eigenvalue weighted by Crippen LogP contribution is 2.34. The average Bonchev–Trinajstić information content (AvgIpc) is 3.60. The van der Waals surface area contributed by atoms with Gasteiger partial charge in [-0.05, 0) is 74.7 Å². The lowest BCUT2D eigenvalue weighted by molar-refractivity contribution is -0.118. The van der Waals surface area contributed by atoms with Gasteiger partial charge in [-0.2, -0.15) is 0 Å². The molecule has 2 atom stereocenters. The van der Waals surface area contributed by atoms with Gasteiger partial charge in [0, 0.05) is 24.4 Å². The smallest absolute Gasteiger partial charge is 0.292 e. The molecule has 1 aromatic heterocycles. The number of nitrogens with one attached hydrogen (secondary N) is 1. The summed E-state index contributed by atoms with van der Waals surface area (Å²) >= 11 is 6.43. The van der Waals surface area contributed by atoms with Crippen molar-refractivity contribution in [2.45, 2.75) is 43.9 Å². The molecule has 2 unspecified atom stereocenters. The second kappa shape index (κ2) is 11.9. The lowest BCUT2D eigenvalue weighted by Gasteiger charge is -2.28. The summed E-state index contributed by atoms with van der Waals surface area (Å²) in [7, 11) is 0. The van der Waals surface area contributed by atoms with Crippen molar-refractivity contribution < 1.29 is 24.2 Å². The molecule has 0 radical (unpaired) electrons. The Hall–Kier alpha value is -3.46. The Balaban J connectivity index is 1.30. The van der Waals surface area contributed by atoms with Crippen molar-refractivity contribution in [1.82, 2.24) is 15.2 Å². The maximum atomic E-state index is 13.1. The Morgan fingerprint density at radius 1 is 1.08 bits per heavy atom. The Morgan fingerprint density at radius 2 is 1.89 bits per heavy atom. The first kappa shape index (κ1) is 26.2. The normalized spacial score (nSPS) is 17.0. The number of aliphatic hydroxyl groups excluding tert-OH is 1. The number of ketones is 1. The second-order valence-corrected chi connectivity index (χ2v) is 10.1. The maximum Gasteiger partial charge on any atom is 0.292 e. The van der Waals surface area contributed by atoms with Crippen molar-refractivity contribution >= 4 is 23.3 Å². The summed E-state index contributed by atoms with van der Waals surface area (Å²) in [6, 6.07) is 16.1. The lowest BCUT2D eigenvalue weighted by atomic mass is 10.0. The molecule has 1 aliphatic carbocycles. The van der Waals surface area contributed by atoms with Gasteiger partial charge in [0.1, 0.15) is 17.6 Å². The molecule has 1 saturated heterocycles. The number of amides is 1. The molecular formula is C29H30ClN3O5. The molecule has 2 aliphatic rings. The van der Waals surface area contributed by atoms with E-state index in [1.807, 2.05) is 0 Å². The van der Waals surface area contributed by atoms with E-state index < -0.39 is 23.8 Å². The summed E-state index contributed by atoms with van der Waals surface area (Å²) in [4.78, 5) is 32.5. The van der Waals surface area contributed by atoms with E-state index in [0.717, 1.165) is 38.8 Å². The van der Waals surface area contributed by atoms with Gasteiger partial charge in [0.25, 0.3) is 5.91 Å². The van der Waals surface area contributed by atoms with Crippen molar-refractivity contribution in [2.75, 3.05) is 19.6 Å². The maximum absolute atomic E-state index is 13.1. The van der Waals surface area contributed by atoms with Crippen LogP contribution in [0.15, 0.2) is 66.9 Å². The zero-order chi connectivity index (χ0) is 26.5. The molecule has 3 aromatic rings. The molecule has 0 spiro atoms. The van der Waals surface area contributed by atoms with Crippen molar-refractivity contribution in [1.29, 1.82) is 0 Å². The minimum absolute atomic E-state index is 0.176. The topological polar surface area (TPSA) is 101 Å². The predicted molar refractivity (Wildman–Crippen MR) is 143 cm³/mol. The van der Waals surface area contributed by atoms with Crippen molar-refractivity contribution in [3.8, 4) is 17.4 Å². The lowest BCUT2D eigenvalue weighted by Crippen LogP contribution is -2.48. The number of hydrogen-bond acceptors (Lipinski definition) is 7. The molecule has 2 heterocycles. The van der Waals surface area contributed by atoms with E-state index >= 15 is 0 Å². The molecule has 2 fully saturated rings. The number of halogens is 1. The van der Waals surface area contributed by atoms with Crippen LogP contribution >= 0.6 is 11.6 Å². The number of nitrogens with zero attached hydrogens (tertiary/aromatic N) is 2. The van der Waals surface area contributed by atoms with Crippen LogP contribution < -0.4 is 14.8 Å². The van der Waals surface area contributed by atoms with Gasteiger partial charge in [-0.25, -0.2) is 4.98 Å². The van der Waals surface area contributed by atoms with Gasteiger partial charge in [-0.1, -0.05) is 35.9 Å². The van der Waals surface area contributed by atoms with E-state index in [9.17, 15) is 14.7 Å². The fraction of sp³-hybridized carbons (Fsp3) is 0.345. The van der Waals surface area contributed by atoms with Crippen LogP contribution in [0.1, 0.15) is 47.7 Å². The molecule has 0 bridgehead atoms. The highest BCUT2D eigenvalue weighted by Gasteiger charge is 2.30. The Kier molecular flexibility index (Phi) is 8.22. The number of pyridine rings is 1. The van der Waals surface area contributed by atoms with Gasteiger partial charge >= 0.3 is 0 Å². The van der Waals surface area contributed by atoms with Gasteiger partial charge in [0.05, 0.1) is 17.2 Å². The first-order valence-electron chi connectivity index (χ1n) is 12.9. The number of Topliss-reactive ketones (excluding diaryl/α,β-unsaturated/α-hetero) is 1. The van der Waals surface area contributed by atoms with Crippen LogP contribution in [0.3, 0.4) is 0 Å². The first-order chi connectivity index (χ1) is 18.5. The molecule has 198 valence electrons. The molecule has 1 aliphatic heterocycles. The number of carbonyl (C=O) groups excluding carboxylic acids is 2. The molecular weight excluding hydrogens is 506 g/mol. The SMILES string of the molecule is O=C(NC(CN1CCCC1)C(O)c1ccc(OC2CC2)c(Cl)c1)C(=O)c1cccc(Oc2ccccn2)c1. The summed E-state index contributed by atoms with van der Waals surface area (Å²) in [5, 5.41) is 14.5. The molecule has 8 nitrogen and oxygen atoms in total. The number of aromatic nitrogens is 1. The van der Waals surface area contributed by atoms with Crippen LogP contribution in [0.2, 0.25) is 5.02 Å². The monoisotopic (exact) mass is 535 g/mol. The van der Waals surface area contributed by atoms with E-state index in [4.69, 9.17) is 21.1 Å². The largest absolute Gasteiger partial charge is 0.489 e. The molecule has 2 N–H and O–H groups in total. The molecule has 1 saturated carbocycles. The highest BCUT2D eigenvalue weighted by molar-refractivity contribution is 6.42. The summed E-state index contributed by atoms with van der Waals surface area (Å²) in [5.74, 6) is -0.181. The molecule has 38 heavy (non-hydrogen) atoms. The summed E-state index contributed by atoms with van der Waals surface area (Å²) < 4.78 is 11.5. The number of ether oxygens (including phenoxy) is 2. The molecule has 1 amide bonds. The van der Waals surface area contributed by atoms with Crippen LogP contribution in [0.25, 0.3) is 0 Å². The van der Waals surface area contributed by atoms with Crippen LogP contribution in [-0.2, 0) is 4.79 Å². The first-order valence-corrected chi connectivity index (χ1v) is 13.2. The Bertz CT molecular complexity index is 1280. The third-order valence-electron chi connectivity index (χ3n) is 6.63. The molecule has 2 aromatic carbocycles. The number of benzene rings is 2. The third-order valence-corrected chi connectivity index (χ3v) is 6.92. The number of likely N-dealkylation sites (tertiary alicyclic amines) is 1. The minimum atomic E-state index is -1.07. The summed E-state index contributed by atoms with van der Waals surface area (Å²) in [6.45, 7) is 2.14. The van der Waals surface area contributed by atoms with Gasteiger partial charge < -0.3 is 24.8 Å². The standard InChI is InChI=1S/C29H30ClN3O5/c30-23-17-20(9-12-25(23)37-21-10-11-21)27(34)24(18-33-14-3-4-15-33)32-29(36)28(35)19-6-5-7-22(16-19)38-26-8-1-2-13-31-26/h1-2,5-9,12-13,16-17,21,24,27,34H,3-4,10-11,14-15,18H2,(H,32,36).